The Morgan fingerprint density at radius 3 is 1.58 bits per heavy atom. The lowest BCUT2D eigenvalue weighted by Crippen LogP contribution is -2.54. The van der Waals surface area contributed by atoms with E-state index in [-0.39, 0.29) is 35.9 Å². The van der Waals surface area contributed by atoms with Crippen LogP contribution < -0.4 is 20.1 Å². The normalized spacial score (nSPS) is 29.4. The zero-order valence-corrected chi connectivity index (χ0v) is 27.8. The molecule has 2 aliphatic heterocycles. The Kier molecular flexibility index (Phi) is 14.3. The summed E-state index contributed by atoms with van der Waals surface area (Å²) >= 11 is 0. The maximum absolute atomic E-state index is 11.0. The topological polar surface area (TPSA) is 233 Å². The summed E-state index contributed by atoms with van der Waals surface area (Å²) in [6, 6.07) is 12.0. The number of aliphatic hydroxyl groups excluding tert-OH is 2. The Hall–Kier alpha value is -4.56. The maximum Gasteiger partial charge on any atom is 0.226 e. The van der Waals surface area contributed by atoms with Crippen molar-refractivity contribution in [2.75, 3.05) is 10.6 Å². The number of nitrogens with zero attached hydrogens (tertiary/aromatic N) is 6. The van der Waals surface area contributed by atoms with E-state index in [9.17, 15) is 19.8 Å². The van der Waals surface area contributed by atoms with Gasteiger partial charge in [-0.15, -0.1) is 0 Å². The first kappa shape index (κ1) is 37.9. The van der Waals surface area contributed by atoms with E-state index >= 15 is 0 Å². The van der Waals surface area contributed by atoms with Gasteiger partial charge in [-0.1, -0.05) is 37.9 Å². The summed E-state index contributed by atoms with van der Waals surface area (Å²) in [5.41, 5.74) is 18.8. The van der Waals surface area contributed by atoms with E-state index in [0.29, 0.717) is 35.7 Å². The summed E-state index contributed by atoms with van der Waals surface area (Å²) in [5, 5.41) is 33.5. The Balaban J connectivity index is 0.000000260. The van der Waals surface area contributed by atoms with Crippen LogP contribution in [0.2, 0.25) is 0 Å². The first-order chi connectivity index (χ1) is 22.9. The summed E-state index contributed by atoms with van der Waals surface area (Å²) in [6.07, 6.45) is -2.63. The predicted molar refractivity (Wildman–Crippen MR) is 177 cm³/mol. The zero-order chi connectivity index (χ0) is 35.4. The van der Waals surface area contributed by atoms with Crippen molar-refractivity contribution in [1.29, 1.82) is 0 Å². The first-order valence-corrected chi connectivity index (χ1v) is 15.8. The van der Waals surface area contributed by atoms with Crippen molar-refractivity contribution >= 4 is 23.2 Å². The molecular weight excluding hydrogens is 624 g/mol. The molecule has 0 bridgehead atoms. The van der Waals surface area contributed by atoms with Crippen LogP contribution in [0.25, 0.3) is 20.9 Å². The quantitative estimate of drug-likeness (QED) is 0.139. The van der Waals surface area contributed by atoms with E-state index in [1.54, 1.807) is 48.5 Å². The van der Waals surface area contributed by atoms with Gasteiger partial charge in [0.2, 0.25) is 24.4 Å². The van der Waals surface area contributed by atoms with Gasteiger partial charge in [0.05, 0.1) is 24.4 Å². The summed E-state index contributed by atoms with van der Waals surface area (Å²) in [7, 11) is 0. The molecular formula is C32H44N8O8. The fourth-order valence-corrected chi connectivity index (χ4v) is 5.59. The van der Waals surface area contributed by atoms with Crippen LogP contribution in [0.4, 0.5) is 11.4 Å². The molecule has 0 saturated carbocycles. The van der Waals surface area contributed by atoms with Gasteiger partial charge in [0.1, 0.15) is 23.6 Å². The highest BCUT2D eigenvalue weighted by atomic mass is 16.7. The van der Waals surface area contributed by atoms with Gasteiger partial charge < -0.3 is 39.8 Å². The standard InChI is InChI=1S/2C16H22N4O4/c1-4-13-9(2)15(22)14(19-20-17)16(24-13)23-12-7-5-11(6-8-12)18-10(3)21;1-4-13-9(2)14(19-20-17)15(22)16(24-13)23-12-7-5-11(6-8-12)18-10(3)21/h2*5-9,13-16,22H,4H2,1-3H3,(H,18,21)/t2*9-,13-,14-,15+,16+/m11/s1. The van der Waals surface area contributed by atoms with Crippen LogP contribution in [0.5, 0.6) is 11.5 Å². The lowest BCUT2D eigenvalue weighted by atomic mass is 9.87. The highest BCUT2D eigenvalue weighted by Gasteiger charge is 2.44. The molecule has 2 saturated heterocycles. The van der Waals surface area contributed by atoms with Gasteiger partial charge >= 0.3 is 0 Å². The van der Waals surface area contributed by atoms with E-state index in [0.717, 1.165) is 0 Å². The largest absolute Gasteiger partial charge is 0.464 e. The number of benzene rings is 2. The zero-order valence-electron chi connectivity index (χ0n) is 27.8. The predicted octanol–water partition coefficient (Wildman–Crippen LogP) is 5.67. The molecule has 0 aliphatic carbocycles. The molecule has 4 N–H and O–H groups in total. The number of hydrogen-bond donors (Lipinski definition) is 4. The second-order valence-corrected chi connectivity index (χ2v) is 11.6. The van der Waals surface area contributed by atoms with Crippen molar-refractivity contribution in [3.63, 3.8) is 0 Å². The highest BCUT2D eigenvalue weighted by molar-refractivity contribution is 5.89. The Morgan fingerprint density at radius 2 is 1.15 bits per heavy atom. The fraction of sp³-hybridized carbons (Fsp3) is 0.562. The summed E-state index contributed by atoms with van der Waals surface area (Å²) in [6.45, 7) is 10.5. The summed E-state index contributed by atoms with van der Waals surface area (Å²) in [4.78, 5) is 27.7. The van der Waals surface area contributed by atoms with E-state index in [1.807, 2.05) is 27.7 Å². The number of ether oxygens (including phenoxy) is 4. The van der Waals surface area contributed by atoms with Crippen LogP contribution in [0.3, 0.4) is 0 Å². The number of carbonyl (C=O) groups is 2. The van der Waals surface area contributed by atoms with E-state index in [4.69, 9.17) is 30.0 Å². The van der Waals surface area contributed by atoms with Crippen molar-refractivity contribution in [3.8, 4) is 11.5 Å². The molecule has 2 aliphatic rings. The minimum atomic E-state index is -1.06. The Bertz CT molecular complexity index is 1450. The number of hydrogen-bond acceptors (Lipinski definition) is 10. The molecule has 2 fully saturated rings. The molecule has 16 nitrogen and oxygen atoms in total. The third-order valence-electron chi connectivity index (χ3n) is 8.15. The number of amides is 2. The molecule has 0 radical (unpaired) electrons. The van der Waals surface area contributed by atoms with Gasteiger partial charge in [-0.25, -0.2) is 0 Å². The van der Waals surface area contributed by atoms with Crippen LogP contribution in [0.15, 0.2) is 58.8 Å². The smallest absolute Gasteiger partial charge is 0.226 e. The minimum Gasteiger partial charge on any atom is -0.464 e. The van der Waals surface area contributed by atoms with Gasteiger partial charge in [0.15, 0.2) is 0 Å². The molecule has 0 unspecified atom stereocenters. The van der Waals surface area contributed by atoms with Crippen molar-refractivity contribution in [1.82, 2.24) is 0 Å². The molecule has 2 amide bonds. The Labute approximate surface area is 279 Å². The van der Waals surface area contributed by atoms with Crippen molar-refractivity contribution < 1.29 is 38.7 Å². The number of rotatable bonds is 10. The second-order valence-electron chi connectivity index (χ2n) is 11.6. The molecule has 16 heteroatoms. The van der Waals surface area contributed by atoms with E-state index in [2.05, 4.69) is 30.7 Å². The van der Waals surface area contributed by atoms with Crippen LogP contribution in [0.1, 0.15) is 54.4 Å². The molecule has 260 valence electrons. The van der Waals surface area contributed by atoms with E-state index in [1.165, 1.54) is 13.8 Å². The van der Waals surface area contributed by atoms with Crippen molar-refractivity contribution in [3.05, 3.63) is 69.4 Å². The number of nitrogens with one attached hydrogen (secondary N) is 2. The average molecular weight is 669 g/mol. The van der Waals surface area contributed by atoms with Crippen LogP contribution in [-0.4, -0.2) is 71.1 Å². The maximum atomic E-state index is 11.0. The van der Waals surface area contributed by atoms with Gasteiger partial charge in [0, 0.05) is 41.0 Å². The number of aliphatic hydroxyl groups is 2. The minimum absolute atomic E-state index is 0.108. The van der Waals surface area contributed by atoms with E-state index < -0.39 is 36.9 Å². The van der Waals surface area contributed by atoms with Crippen LogP contribution in [-0.2, 0) is 19.1 Å². The number of anilines is 2. The number of azide groups is 2. The summed E-state index contributed by atoms with van der Waals surface area (Å²) < 4.78 is 23.2. The summed E-state index contributed by atoms with van der Waals surface area (Å²) in [5.74, 6) is 0.383. The monoisotopic (exact) mass is 668 g/mol. The molecule has 2 aromatic carbocycles. The van der Waals surface area contributed by atoms with Crippen LogP contribution >= 0.6 is 0 Å². The van der Waals surface area contributed by atoms with Gasteiger partial charge in [-0.05, 0) is 78.4 Å². The van der Waals surface area contributed by atoms with Crippen LogP contribution in [0, 0.1) is 11.8 Å². The van der Waals surface area contributed by atoms with Gasteiger partial charge in [0.25, 0.3) is 0 Å². The fourth-order valence-electron chi connectivity index (χ4n) is 5.59. The molecule has 2 aromatic rings. The van der Waals surface area contributed by atoms with Crippen molar-refractivity contribution in [2.24, 2.45) is 22.1 Å². The third kappa shape index (κ3) is 10.2. The average Bonchev–Trinajstić information content (AvgIpc) is 3.05. The highest BCUT2D eigenvalue weighted by Crippen LogP contribution is 2.33. The lowest BCUT2D eigenvalue weighted by Gasteiger charge is -2.41. The molecule has 0 spiro atoms. The Morgan fingerprint density at radius 1 is 0.729 bits per heavy atom. The molecule has 10 atom stereocenters. The molecule has 0 aromatic heterocycles. The van der Waals surface area contributed by atoms with Gasteiger partial charge in [-0.2, -0.15) is 0 Å². The lowest BCUT2D eigenvalue weighted by molar-refractivity contribution is -0.225. The molecule has 48 heavy (non-hydrogen) atoms. The second kappa shape index (κ2) is 18.1. The number of carbonyl (C=O) groups excluding carboxylic acids is 2. The molecule has 2 heterocycles. The first-order valence-electron chi connectivity index (χ1n) is 15.8. The van der Waals surface area contributed by atoms with Gasteiger partial charge in [-0.3, -0.25) is 9.59 Å². The molecule has 4 rings (SSSR count). The third-order valence-corrected chi connectivity index (χ3v) is 8.15. The SMILES string of the molecule is CC[C@H]1O[C@H](Oc2ccc(NC(C)=O)cc2)[C@@H](O)[C@H](N=[N+]=[N-])[C@@H]1C.CC[C@H]1O[C@H](Oc2ccc(NC(C)=O)cc2)[C@H](N=[N+]=[N-])[C@@H](O)[C@@H]1C. The van der Waals surface area contributed by atoms with Crippen molar-refractivity contribution in [2.45, 2.75) is 103 Å².